The summed E-state index contributed by atoms with van der Waals surface area (Å²) in [5.74, 6) is 0.292. The summed E-state index contributed by atoms with van der Waals surface area (Å²) in [4.78, 5) is 29.4. The second kappa shape index (κ2) is 15.3. The highest BCUT2D eigenvalue weighted by Gasteiger charge is 2.34. The van der Waals surface area contributed by atoms with Crippen molar-refractivity contribution in [3.63, 3.8) is 0 Å². The van der Waals surface area contributed by atoms with Crippen molar-refractivity contribution in [1.29, 1.82) is 0 Å². The molecule has 0 heterocycles. The van der Waals surface area contributed by atoms with Gasteiger partial charge in [0.2, 0.25) is 11.8 Å². The zero-order valence-corrected chi connectivity index (χ0v) is 27.4. The third-order valence-electron chi connectivity index (χ3n) is 7.55. The highest BCUT2D eigenvalue weighted by molar-refractivity contribution is 7.92. The summed E-state index contributed by atoms with van der Waals surface area (Å²) >= 11 is 0. The molecule has 0 spiro atoms. The minimum atomic E-state index is -4.27. The van der Waals surface area contributed by atoms with Crippen molar-refractivity contribution >= 4 is 27.5 Å². The van der Waals surface area contributed by atoms with E-state index in [1.807, 2.05) is 43.3 Å². The predicted molar refractivity (Wildman–Crippen MR) is 177 cm³/mol. The van der Waals surface area contributed by atoms with Gasteiger partial charge in [-0.25, -0.2) is 8.42 Å². The number of likely N-dealkylation sites (N-methyl/N-ethyl adjacent to an activating group) is 1. The second-order valence-electron chi connectivity index (χ2n) is 10.6. The first-order valence-electron chi connectivity index (χ1n) is 14.6. The van der Waals surface area contributed by atoms with Gasteiger partial charge in [0.25, 0.3) is 10.0 Å². The number of sulfonamides is 1. The molecule has 46 heavy (non-hydrogen) atoms. The Morgan fingerprint density at radius 2 is 1.46 bits per heavy atom. The Bertz CT molecular complexity index is 1750. The van der Waals surface area contributed by atoms with E-state index in [1.165, 1.54) is 44.4 Å². The van der Waals surface area contributed by atoms with Gasteiger partial charge in [0.05, 0.1) is 31.9 Å². The van der Waals surface area contributed by atoms with E-state index in [4.69, 9.17) is 14.2 Å². The molecule has 4 aromatic rings. The molecule has 4 rings (SSSR count). The third kappa shape index (κ3) is 7.97. The molecule has 0 bridgehead atoms. The van der Waals surface area contributed by atoms with Crippen molar-refractivity contribution in [1.82, 2.24) is 10.2 Å². The standard InChI is InChI=1S/C35H39N3O7S/c1-25-14-17-30(18-15-25)46(41,42)38(28-16-19-32(44-4)33(22-28)45-5)24-34(39)37(23-27-12-9-13-29(20-27)43-3)31(35(40)36-2)21-26-10-7-6-8-11-26/h6-20,22,31H,21,23-24H2,1-5H3,(H,36,40)/t31-/m1/s1. The molecule has 11 heteroatoms. The highest BCUT2D eigenvalue weighted by Crippen LogP contribution is 2.34. The van der Waals surface area contributed by atoms with Crippen molar-refractivity contribution in [3.8, 4) is 17.2 Å². The van der Waals surface area contributed by atoms with Crippen molar-refractivity contribution in [2.24, 2.45) is 0 Å². The molecular formula is C35H39N3O7S. The van der Waals surface area contributed by atoms with Gasteiger partial charge in [-0.05, 0) is 54.4 Å². The topological polar surface area (TPSA) is 114 Å². The first kappa shape index (κ1) is 33.9. The number of carbonyl (C=O) groups excluding carboxylic acids is 2. The lowest BCUT2D eigenvalue weighted by Gasteiger charge is -2.33. The fraction of sp³-hybridized carbons (Fsp3) is 0.257. The first-order valence-corrected chi connectivity index (χ1v) is 16.0. The van der Waals surface area contributed by atoms with Gasteiger partial charge >= 0.3 is 0 Å². The second-order valence-corrected chi connectivity index (χ2v) is 12.4. The summed E-state index contributed by atoms with van der Waals surface area (Å²) in [6.45, 7) is 1.28. The first-order chi connectivity index (χ1) is 22.1. The summed E-state index contributed by atoms with van der Waals surface area (Å²) in [7, 11) is 1.70. The van der Waals surface area contributed by atoms with Crippen LogP contribution in [0, 0.1) is 6.92 Å². The summed E-state index contributed by atoms with van der Waals surface area (Å²) < 4.78 is 45.7. The van der Waals surface area contributed by atoms with Gasteiger partial charge in [-0.1, -0.05) is 60.2 Å². The number of hydrogen-bond donors (Lipinski definition) is 1. The number of amides is 2. The molecule has 0 aliphatic heterocycles. The van der Waals surface area contributed by atoms with Gasteiger partial charge in [-0.15, -0.1) is 0 Å². The number of ether oxygens (including phenoxy) is 3. The summed E-state index contributed by atoms with van der Waals surface area (Å²) in [5, 5.41) is 2.68. The van der Waals surface area contributed by atoms with Gasteiger partial charge in [-0.2, -0.15) is 0 Å². The number of benzene rings is 4. The number of rotatable bonds is 14. The van der Waals surface area contributed by atoms with E-state index in [0.29, 0.717) is 17.1 Å². The maximum absolute atomic E-state index is 14.5. The van der Waals surface area contributed by atoms with Crippen molar-refractivity contribution < 1.29 is 32.2 Å². The molecule has 0 saturated heterocycles. The van der Waals surface area contributed by atoms with Gasteiger partial charge in [-0.3, -0.25) is 13.9 Å². The number of carbonyl (C=O) groups is 2. The van der Waals surface area contributed by atoms with Crippen LogP contribution < -0.4 is 23.8 Å². The molecule has 4 aromatic carbocycles. The fourth-order valence-electron chi connectivity index (χ4n) is 5.03. The van der Waals surface area contributed by atoms with Crippen LogP contribution in [0.2, 0.25) is 0 Å². The van der Waals surface area contributed by atoms with Crippen molar-refractivity contribution in [2.45, 2.75) is 30.8 Å². The van der Waals surface area contributed by atoms with Gasteiger partial charge in [0.1, 0.15) is 18.3 Å². The average molecular weight is 646 g/mol. The number of hydrogen-bond acceptors (Lipinski definition) is 7. The largest absolute Gasteiger partial charge is 0.497 e. The van der Waals surface area contributed by atoms with E-state index in [0.717, 1.165) is 15.4 Å². The maximum atomic E-state index is 14.5. The lowest BCUT2D eigenvalue weighted by atomic mass is 10.0. The van der Waals surface area contributed by atoms with Crippen molar-refractivity contribution in [2.75, 3.05) is 39.2 Å². The number of aryl methyl sites for hydroxylation is 1. The molecule has 0 saturated carbocycles. The van der Waals surface area contributed by atoms with Crippen LogP contribution in [0.5, 0.6) is 17.2 Å². The predicted octanol–water partition coefficient (Wildman–Crippen LogP) is 4.60. The molecule has 0 aliphatic rings. The van der Waals surface area contributed by atoms with Gasteiger partial charge < -0.3 is 24.4 Å². The lowest BCUT2D eigenvalue weighted by Crippen LogP contribution is -2.53. The molecule has 1 atom stereocenters. The molecule has 2 amide bonds. The molecule has 0 fully saturated rings. The smallest absolute Gasteiger partial charge is 0.264 e. The van der Waals surface area contributed by atoms with E-state index in [9.17, 15) is 18.0 Å². The molecule has 0 radical (unpaired) electrons. The highest BCUT2D eigenvalue weighted by atomic mass is 32.2. The van der Waals surface area contributed by atoms with Crippen LogP contribution in [-0.2, 0) is 32.6 Å². The lowest BCUT2D eigenvalue weighted by molar-refractivity contribution is -0.139. The molecule has 0 unspecified atom stereocenters. The fourth-order valence-corrected chi connectivity index (χ4v) is 6.44. The van der Waals surface area contributed by atoms with Crippen LogP contribution in [0.25, 0.3) is 0 Å². The Kier molecular flexibility index (Phi) is 11.3. The van der Waals surface area contributed by atoms with Crippen LogP contribution in [-0.4, -0.2) is 66.1 Å². The summed E-state index contributed by atoms with van der Waals surface area (Å²) in [5.41, 5.74) is 2.61. The van der Waals surface area contributed by atoms with Gasteiger partial charge in [0.15, 0.2) is 11.5 Å². The summed E-state index contributed by atoms with van der Waals surface area (Å²) in [6.07, 6.45) is 0.206. The number of nitrogens with one attached hydrogen (secondary N) is 1. The van der Waals surface area contributed by atoms with Crippen LogP contribution >= 0.6 is 0 Å². The summed E-state index contributed by atoms with van der Waals surface area (Å²) in [6, 6.07) is 26.6. The molecule has 0 aliphatic carbocycles. The minimum absolute atomic E-state index is 0.00664. The molecule has 1 N–H and O–H groups in total. The minimum Gasteiger partial charge on any atom is -0.497 e. The quantitative estimate of drug-likeness (QED) is 0.213. The molecule has 242 valence electrons. The Balaban J connectivity index is 1.83. The van der Waals surface area contributed by atoms with Crippen molar-refractivity contribution in [3.05, 3.63) is 114 Å². The zero-order chi connectivity index (χ0) is 33.3. The van der Waals surface area contributed by atoms with E-state index in [2.05, 4.69) is 5.32 Å². The molecule has 10 nitrogen and oxygen atoms in total. The Labute approximate surface area is 270 Å². The molecular weight excluding hydrogens is 606 g/mol. The normalized spacial score (nSPS) is 11.7. The Morgan fingerprint density at radius 3 is 2.09 bits per heavy atom. The van der Waals surface area contributed by atoms with E-state index >= 15 is 0 Å². The van der Waals surface area contributed by atoms with Gasteiger partial charge in [0, 0.05) is 26.1 Å². The monoisotopic (exact) mass is 645 g/mol. The SMILES string of the molecule is CNC(=O)[C@@H](Cc1ccccc1)N(Cc1cccc(OC)c1)C(=O)CN(c1ccc(OC)c(OC)c1)S(=O)(=O)c1ccc(C)cc1. The maximum Gasteiger partial charge on any atom is 0.264 e. The van der Waals surface area contributed by atoms with Crippen LogP contribution in [0.4, 0.5) is 5.69 Å². The van der Waals surface area contributed by atoms with E-state index in [-0.39, 0.29) is 35.2 Å². The molecule has 0 aromatic heterocycles. The van der Waals surface area contributed by atoms with E-state index < -0.39 is 28.5 Å². The number of anilines is 1. The number of methoxy groups -OCH3 is 3. The Hall–Kier alpha value is -5.03. The third-order valence-corrected chi connectivity index (χ3v) is 9.34. The van der Waals surface area contributed by atoms with Crippen LogP contribution in [0.1, 0.15) is 16.7 Å². The zero-order valence-electron chi connectivity index (χ0n) is 26.6. The average Bonchev–Trinajstić information content (AvgIpc) is 3.08. The van der Waals surface area contributed by atoms with E-state index in [1.54, 1.807) is 49.6 Å². The number of nitrogens with zero attached hydrogens (tertiary/aromatic N) is 2. The van der Waals surface area contributed by atoms with Crippen LogP contribution in [0.3, 0.4) is 0 Å². The van der Waals surface area contributed by atoms with Crippen LogP contribution in [0.15, 0.2) is 102 Å². The Morgan fingerprint density at radius 1 is 0.783 bits per heavy atom.